The van der Waals surface area contributed by atoms with Gasteiger partial charge in [-0.3, -0.25) is 9.59 Å². The van der Waals surface area contributed by atoms with Gasteiger partial charge < -0.3 is 16.4 Å². The number of amides is 2. The maximum Gasteiger partial charge on any atom is 0.250 e. The number of nitrogens with two attached hydrogens (primary N) is 1. The summed E-state index contributed by atoms with van der Waals surface area (Å²) >= 11 is 3.39. The van der Waals surface area contributed by atoms with Crippen LogP contribution in [0.3, 0.4) is 0 Å². The Morgan fingerprint density at radius 1 is 1.00 bits per heavy atom. The summed E-state index contributed by atoms with van der Waals surface area (Å²) in [5, 5.41) is 5.67. The lowest BCUT2D eigenvalue weighted by Gasteiger charge is -2.11. The van der Waals surface area contributed by atoms with Crippen LogP contribution in [-0.4, -0.2) is 18.4 Å². The van der Waals surface area contributed by atoms with Gasteiger partial charge in [-0.2, -0.15) is 0 Å². The molecule has 0 heterocycles. The maximum absolute atomic E-state index is 11.9. The lowest BCUT2D eigenvalue weighted by Crippen LogP contribution is -2.24. The Morgan fingerprint density at radius 2 is 1.62 bits per heavy atom. The van der Waals surface area contributed by atoms with Gasteiger partial charge in [0.05, 0.1) is 17.8 Å². The number of halogens is 1. The molecule has 0 bridgehead atoms. The molecule has 0 atom stereocenters. The van der Waals surface area contributed by atoms with Crippen molar-refractivity contribution in [1.82, 2.24) is 0 Å². The van der Waals surface area contributed by atoms with Gasteiger partial charge in [-0.1, -0.05) is 24.3 Å². The molecular weight excluding hydrogens is 334 g/mol. The molecule has 0 saturated heterocycles. The van der Waals surface area contributed by atoms with Crippen LogP contribution in [-0.2, 0) is 4.79 Å². The molecule has 0 aliphatic heterocycles. The van der Waals surface area contributed by atoms with E-state index < -0.39 is 5.91 Å². The first kappa shape index (κ1) is 15.1. The Bertz CT molecular complexity index is 673. The Balaban J connectivity index is 2.00. The van der Waals surface area contributed by atoms with E-state index in [1.54, 1.807) is 24.3 Å². The molecule has 0 unspecified atom stereocenters. The number of hydrogen-bond donors (Lipinski definition) is 3. The minimum absolute atomic E-state index is 0.0791. The summed E-state index contributed by atoms with van der Waals surface area (Å²) in [6.45, 7) is 0.0791. The van der Waals surface area contributed by atoms with E-state index in [9.17, 15) is 9.59 Å². The molecule has 2 amide bonds. The predicted molar refractivity (Wildman–Crippen MR) is 86.2 cm³/mol. The molecule has 0 spiro atoms. The van der Waals surface area contributed by atoms with Crippen molar-refractivity contribution >= 4 is 39.1 Å². The Labute approximate surface area is 130 Å². The van der Waals surface area contributed by atoms with Crippen molar-refractivity contribution in [2.24, 2.45) is 5.73 Å². The summed E-state index contributed by atoms with van der Waals surface area (Å²) in [5.41, 5.74) is 6.77. The number of carbonyl (C=O) groups is 2. The minimum atomic E-state index is -0.579. The highest BCUT2D eigenvalue weighted by Crippen LogP contribution is 2.21. The van der Waals surface area contributed by atoms with Crippen LogP contribution >= 0.6 is 15.9 Å². The molecule has 108 valence electrons. The van der Waals surface area contributed by atoms with Crippen LogP contribution in [0.5, 0.6) is 0 Å². The van der Waals surface area contributed by atoms with Crippen LogP contribution in [0, 0.1) is 0 Å². The highest BCUT2D eigenvalue weighted by Gasteiger charge is 2.10. The zero-order valence-electron chi connectivity index (χ0n) is 11.1. The molecule has 6 heteroatoms. The molecular formula is C15H14BrN3O2. The van der Waals surface area contributed by atoms with E-state index in [0.717, 1.165) is 10.2 Å². The Hall–Kier alpha value is -2.34. The molecule has 0 fully saturated rings. The second-order valence-electron chi connectivity index (χ2n) is 4.29. The second kappa shape index (κ2) is 6.90. The van der Waals surface area contributed by atoms with E-state index >= 15 is 0 Å². The van der Waals surface area contributed by atoms with E-state index in [-0.39, 0.29) is 18.0 Å². The van der Waals surface area contributed by atoms with Crippen molar-refractivity contribution in [2.45, 2.75) is 0 Å². The standard InChI is InChI=1S/C15H14BrN3O2/c16-11-6-2-4-8-13(11)18-9-14(20)19-12-7-3-1-5-10(12)15(17)21/h1-8,18H,9H2,(H2,17,21)(H,19,20). The summed E-state index contributed by atoms with van der Waals surface area (Å²) in [7, 11) is 0. The molecule has 4 N–H and O–H groups in total. The van der Waals surface area contributed by atoms with Gasteiger partial charge in [0.15, 0.2) is 0 Å². The van der Waals surface area contributed by atoms with E-state index in [0.29, 0.717) is 5.69 Å². The highest BCUT2D eigenvalue weighted by molar-refractivity contribution is 9.10. The Morgan fingerprint density at radius 3 is 2.29 bits per heavy atom. The zero-order valence-corrected chi connectivity index (χ0v) is 12.7. The fraction of sp³-hybridized carbons (Fsp3) is 0.0667. The molecule has 2 aromatic rings. The molecule has 0 aliphatic rings. The topological polar surface area (TPSA) is 84.2 Å². The van der Waals surface area contributed by atoms with Crippen molar-refractivity contribution in [3.63, 3.8) is 0 Å². The molecule has 21 heavy (non-hydrogen) atoms. The molecule has 5 nitrogen and oxygen atoms in total. The van der Waals surface area contributed by atoms with Crippen LogP contribution in [0.15, 0.2) is 53.0 Å². The van der Waals surface area contributed by atoms with E-state index in [1.165, 1.54) is 0 Å². The summed E-state index contributed by atoms with van der Waals surface area (Å²) in [6.07, 6.45) is 0. The van der Waals surface area contributed by atoms with Gasteiger partial charge in [-0.15, -0.1) is 0 Å². The van der Waals surface area contributed by atoms with Crippen LogP contribution in [0.4, 0.5) is 11.4 Å². The maximum atomic E-state index is 11.9. The quantitative estimate of drug-likeness (QED) is 0.777. The summed E-state index contributed by atoms with van der Waals surface area (Å²) in [5.74, 6) is -0.843. The van der Waals surface area contributed by atoms with E-state index in [4.69, 9.17) is 5.73 Å². The summed E-state index contributed by atoms with van der Waals surface area (Å²) in [6, 6.07) is 14.1. The van der Waals surface area contributed by atoms with Crippen molar-refractivity contribution in [1.29, 1.82) is 0 Å². The first-order valence-electron chi connectivity index (χ1n) is 6.25. The number of primary amides is 1. The average Bonchev–Trinajstić information content (AvgIpc) is 2.47. The third-order valence-electron chi connectivity index (χ3n) is 2.78. The van der Waals surface area contributed by atoms with Crippen LogP contribution in [0.1, 0.15) is 10.4 Å². The van der Waals surface area contributed by atoms with Crippen LogP contribution in [0.25, 0.3) is 0 Å². The molecule has 0 aromatic heterocycles. The van der Waals surface area contributed by atoms with Gasteiger partial charge in [0, 0.05) is 10.2 Å². The van der Waals surface area contributed by atoms with Gasteiger partial charge in [0.25, 0.3) is 5.91 Å². The number of carbonyl (C=O) groups excluding carboxylic acids is 2. The van der Waals surface area contributed by atoms with E-state index in [1.807, 2.05) is 24.3 Å². The number of rotatable bonds is 5. The molecule has 0 saturated carbocycles. The monoisotopic (exact) mass is 347 g/mol. The fourth-order valence-electron chi connectivity index (χ4n) is 1.78. The lowest BCUT2D eigenvalue weighted by atomic mass is 10.1. The molecule has 0 aliphatic carbocycles. The lowest BCUT2D eigenvalue weighted by molar-refractivity contribution is -0.114. The third kappa shape index (κ3) is 4.06. The summed E-state index contributed by atoms with van der Waals surface area (Å²) < 4.78 is 0.871. The second-order valence-corrected chi connectivity index (χ2v) is 5.15. The fourth-order valence-corrected chi connectivity index (χ4v) is 2.21. The predicted octanol–water partition coefficient (Wildman–Crippen LogP) is 2.60. The number of benzene rings is 2. The average molecular weight is 348 g/mol. The normalized spacial score (nSPS) is 9.95. The van der Waals surface area contributed by atoms with Crippen molar-refractivity contribution in [2.75, 3.05) is 17.2 Å². The van der Waals surface area contributed by atoms with Gasteiger partial charge in [-0.25, -0.2) is 0 Å². The van der Waals surface area contributed by atoms with Crippen molar-refractivity contribution in [3.8, 4) is 0 Å². The van der Waals surface area contributed by atoms with Crippen molar-refractivity contribution in [3.05, 3.63) is 58.6 Å². The smallest absolute Gasteiger partial charge is 0.250 e. The minimum Gasteiger partial charge on any atom is -0.375 e. The van der Waals surface area contributed by atoms with Crippen LogP contribution in [0.2, 0.25) is 0 Å². The number of anilines is 2. The molecule has 2 aromatic carbocycles. The van der Waals surface area contributed by atoms with E-state index in [2.05, 4.69) is 26.6 Å². The molecule has 0 radical (unpaired) electrons. The van der Waals surface area contributed by atoms with Gasteiger partial charge >= 0.3 is 0 Å². The third-order valence-corrected chi connectivity index (χ3v) is 3.47. The number of nitrogens with one attached hydrogen (secondary N) is 2. The van der Waals surface area contributed by atoms with Crippen LogP contribution < -0.4 is 16.4 Å². The first-order valence-corrected chi connectivity index (χ1v) is 7.04. The van der Waals surface area contributed by atoms with Gasteiger partial charge in [-0.05, 0) is 40.2 Å². The highest BCUT2D eigenvalue weighted by atomic mass is 79.9. The SMILES string of the molecule is NC(=O)c1ccccc1NC(=O)CNc1ccccc1Br. The Kier molecular flexibility index (Phi) is 4.94. The van der Waals surface area contributed by atoms with Gasteiger partial charge in [0.2, 0.25) is 5.91 Å². The largest absolute Gasteiger partial charge is 0.375 e. The first-order chi connectivity index (χ1) is 10.1. The van der Waals surface area contributed by atoms with Gasteiger partial charge in [0.1, 0.15) is 0 Å². The number of para-hydroxylation sites is 2. The molecule has 2 rings (SSSR count). The van der Waals surface area contributed by atoms with Crippen molar-refractivity contribution < 1.29 is 9.59 Å². The zero-order chi connectivity index (χ0) is 15.2. The number of hydrogen-bond acceptors (Lipinski definition) is 3. The summed E-state index contributed by atoms with van der Waals surface area (Å²) in [4.78, 5) is 23.2.